The molecule has 0 atom stereocenters. The molecule has 0 aliphatic carbocycles. The van der Waals surface area contributed by atoms with Crippen molar-refractivity contribution in [1.82, 2.24) is 5.32 Å². The lowest BCUT2D eigenvalue weighted by molar-refractivity contribution is -0.135. The van der Waals surface area contributed by atoms with E-state index in [0.717, 1.165) is 5.56 Å². The van der Waals surface area contributed by atoms with Crippen LogP contribution in [0.1, 0.15) is 29.8 Å². The summed E-state index contributed by atoms with van der Waals surface area (Å²) in [4.78, 5) is 36.4. The van der Waals surface area contributed by atoms with Gasteiger partial charge in [0.1, 0.15) is 5.54 Å². The molecule has 106 valence electrons. The van der Waals surface area contributed by atoms with Crippen LogP contribution >= 0.6 is 0 Å². The summed E-state index contributed by atoms with van der Waals surface area (Å²) < 4.78 is 0. The monoisotopic (exact) mass is 276 g/mol. The summed E-state index contributed by atoms with van der Waals surface area (Å²) >= 11 is 0. The zero-order valence-corrected chi connectivity index (χ0v) is 11.6. The molecule has 1 aliphatic rings. The number of piperazine rings is 1. The number of amides is 2. The maximum atomic E-state index is 12.0. The highest BCUT2D eigenvalue weighted by Crippen LogP contribution is 2.30. The smallest absolute Gasteiger partial charge is 0.337 e. The van der Waals surface area contributed by atoms with Gasteiger partial charge < -0.3 is 10.0 Å². The van der Waals surface area contributed by atoms with Crippen LogP contribution in [-0.2, 0) is 9.59 Å². The van der Waals surface area contributed by atoms with Crippen LogP contribution in [0.3, 0.4) is 0 Å². The molecule has 0 unspecified atom stereocenters. The lowest BCUT2D eigenvalue weighted by Gasteiger charge is -2.42. The third-order valence-electron chi connectivity index (χ3n) is 3.46. The van der Waals surface area contributed by atoms with Gasteiger partial charge in [-0.05, 0) is 38.5 Å². The van der Waals surface area contributed by atoms with E-state index in [-0.39, 0.29) is 12.1 Å². The van der Waals surface area contributed by atoms with Crippen molar-refractivity contribution in [1.29, 1.82) is 0 Å². The van der Waals surface area contributed by atoms with Gasteiger partial charge in [-0.15, -0.1) is 0 Å². The zero-order chi connectivity index (χ0) is 15.1. The molecule has 6 heteroatoms. The Morgan fingerprint density at radius 3 is 2.60 bits per heavy atom. The Morgan fingerprint density at radius 2 is 2.00 bits per heavy atom. The van der Waals surface area contributed by atoms with Gasteiger partial charge in [0, 0.05) is 0 Å². The topological polar surface area (TPSA) is 86.7 Å². The quantitative estimate of drug-likeness (QED) is 0.785. The van der Waals surface area contributed by atoms with Crippen LogP contribution in [0.4, 0.5) is 5.69 Å². The van der Waals surface area contributed by atoms with Gasteiger partial charge in [0.25, 0.3) is 5.91 Å². The van der Waals surface area contributed by atoms with Gasteiger partial charge in [-0.25, -0.2) is 4.79 Å². The summed E-state index contributed by atoms with van der Waals surface area (Å²) in [5.74, 6) is -1.96. The number of carboxylic acid groups (broad SMARTS) is 1. The van der Waals surface area contributed by atoms with Crippen LogP contribution in [0.15, 0.2) is 18.2 Å². The number of carbonyl (C=O) groups excluding carboxylic acids is 2. The second kappa shape index (κ2) is 4.63. The second-order valence-corrected chi connectivity index (χ2v) is 5.35. The van der Waals surface area contributed by atoms with Crippen molar-refractivity contribution in [3.63, 3.8) is 0 Å². The Hall–Kier alpha value is -2.37. The third-order valence-corrected chi connectivity index (χ3v) is 3.46. The van der Waals surface area contributed by atoms with E-state index >= 15 is 0 Å². The Labute approximate surface area is 116 Å². The molecular weight excluding hydrogens is 260 g/mol. The molecule has 0 spiro atoms. The van der Waals surface area contributed by atoms with Gasteiger partial charge in [-0.3, -0.25) is 14.9 Å². The van der Waals surface area contributed by atoms with E-state index in [0.29, 0.717) is 5.69 Å². The van der Waals surface area contributed by atoms with Gasteiger partial charge in [-0.2, -0.15) is 0 Å². The molecule has 1 aliphatic heterocycles. The number of anilines is 1. The fraction of sp³-hybridized carbons (Fsp3) is 0.357. The number of carboxylic acids is 1. The lowest BCUT2D eigenvalue weighted by Crippen LogP contribution is -2.64. The number of imide groups is 1. The third kappa shape index (κ3) is 2.24. The lowest BCUT2D eigenvalue weighted by atomic mass is 9.95. The number of aryl methyl sites for hydroxylation is 1. The Morgan fingerprint density at radius 1 is 1.35 bits per heavy atom. The largest absolute Gasteiger partial charge is 0.478 e. The van der Waals surface area contributed by atoms with E-state index in [1.165, 1.54) is 11.0 Å². The molecular formula is C14H16N2O4. The number of nitrogens with zero attached hydrogens (tertiary/aromatic N) is 1. The molecule has 0 radical (unpaired) electrons. The van der Waals surface area contributed by atoms with Crippen molar-refractivity contribution in [2.45, 2.75) is 26.3 Å². The minimum Gasteiger partial charge on any atom is -0.478 e. The molecule has 2 N–H and O–H groups in total. The van der Waals surface area contributed by atoms with Gasteiger partial charge in [0.05, 0.1) is 17.8 Å². The molecule has 0 bridgehead atoms. The van der Waals surface area contributed by atoms with Crippen LogP contribution in [-0.4, -0.2) is 35.0 Å². The molecule has 1 heterocycles. The van der Waals surface area contributed by atoms with Gasteiger partial charge >= 0.3 is 5.97 Å². The van der Waals surface area contributed by atoms with Crippen molar-refractivity contribution in [3.8, 4) is 0 Å². The Balaban J connectivity index is 2.59. The molecule has 1 aromatic carbocycles. The first-order chi connectivity index (χ1) is 9.23. The van der Waals surface area contributed by atoms with Crippen LogP contribution in [0.2, 0.25) is 0 Å². The predicted molar refractivity (Wildman–Crippen MR) is 72.7 cm³/mol. The van der Waals surface area contributed by atoms with Gasteiger partial charge in [-0.1, -0.05) is 6.07 Å². The molecule has 1 aromatic rings. The van der Waals surface area contributed by atoms with E-state index in [1.807, 2.05) is 6.92 Å². The normalized spacial score (nSPS) is 17.9. The number of nitrogens with one attached hydrogen (secondary N) is 1. The maximum absolute atomic E-state index is 12.0. The summed E-state index contributed by atoms with van der Waals surface area (Å²) in [5.41, 5.74) is 0.322. The maximum Gasteiger partial charge on any atom is 0.337 e. The zero-order valence-electron chi connectivity index (χ0n) is 11.6. The van der Waals surface area contributed by atoms with Crippen molar-refractivity contribution >= 4 is 23.5 Å². The SMILES string of the molecule is Cc1ccc(C(=O)O)c(N2CC(=O)NC(=O)C2(C)C)c1. The first-order valence-corrected chi connectivity index (χ1v) is 6.19. The number of carbonyl (C=O) groups is 3. The highest BCUT2D eigenvalue weighted by molar-refractivity contribution is 6.08. The Bertz CT molecular complexity index is 607. The molecule has 1 fully saturated rings. The highest BCUT2D eigenvalue weighted by Gasteiger charge is 2.42. The van der Waals surface area contributed by atoms with Crippen molar-refractivity contribution in [2.75, 3.05) is 11.4 Å². The van der Waals surface area contributed by atoms with E-state index in [1.54, 1.807) is 26.0 Å². The molecule has 2 rings (SSSR count). The number of hydrogen-bond donors (Lipinski definition) is 2. The minimum absolute atomic E-state index is 0.0531. The predicted octanol–water partition coefficient (Wildman–Crippen LogP) is 0.935. The average Bonchev–Trinajstić information content (AvgIpc) is 2.33. The van der Waals surface area contributed by atoms with E-state index in [2.05, 4.69) is 5.32 Å². The second-order valence-electron chi connectivity index (χ2n) is 5.35. The average molecular weight is 276 g/mol. The summed E-state index contributed by atoms with van der Waals surface area (Å²) in [7, 11) is 0. The van der Waals surface area contributed by atoms with Crippen LogP contribution < -0.4 is 10.2 Å². The van der Waals surface area contributed by atoms with E-state index in [4.69, 9.17) is 0 Å². The first-order valence-electron chi connectivity index (χ1n) is 6.19. The molecule has 20 heavy (non-hydrogen) atoms. The number of hydrogen-bond acceptors (Lipinski definition) is 4. The van der Waals surface area contributed by atoms with Crippen LogP contribution in [0.25, 0.3) is 0 Å². The summed E-state index contributed by atoms with van der Waals surface area (Å²) in [6.07, 6.45) is 0. The minimum atomic E-state index is -1.09. The molecule has 2 amide bonds. The highest BCUT2D eigenvalue weighted by atomic mass is 16.4. The summed E-state index contributed by atoms with van der Waals surface area (Å²) in [6.45, 7) is 5.09. The fourth-order valence-corrected chi connectivity index (χ4v) is 2.22. The van der Waals surface area contributed by atoms with E-state index < -0.39 is 23.3 Å². The molecule has 1 saturated heterocycles. The van der Waals surface area contributed by atoms with Crippen molar-refractivity contribution in [2.24, 2.45) is 0 Å². The molecule has 0 aromatic heterocycles. The van der Waals surface area contributed by atoms with Crippen molar-refractivity contribution < 1.29 is 19.5 Å². The van der Waals surface area contributed by atoms with Crippen LogP contribution in [0, 0.1) is 6.92 Å². The van der Waals surface area contributed by atoms with Crippen molar-refractivity contribution in [3.05, 3.63) is 29.3 Å². The number of rotatable bonds is 2. The first kappa shape index (κ1) is 14.0. The Kier molecular flexibility index (Phi) is 3.25. The summed E-state index contributed by atoms with van der Waals surface area (Å²) in [5, 5.41) is 11.5. The van der Waals surface area contributed by atoms with Crippen LogP contribution in [0.5, 0.6) is 0 Å². The fourth-order valence-electron chi connectivity index (χ4n) is 2.22. The van der Waals surface area contributed by atoms with Gasteiger partial charge in [0.2, 0.25) is 5.91 Å². The standard InChI is InChI=1S/C14H16N2O4/c1-8-4-5-9(12(18)19)10(6-8)16-7-11(17)15-13(20)14(16,2)3/h4-6H,7H2,1-3H3,(H,18,19)(H,15,17,20). The van der Waals surface area contributed by atoms with Gasteiger partial charge in [0.15, 0.2) is 0 Å². The number of benzene rings is 1. The van der Waals surface area contributed by atoms with E-state index in [9.17, 15) is 19.5 Å². The molecule has 0 saturated carbocycles. The summed E-state index contributed by atoms with van der Waals surface area (Å²) in [6, 6.07) is 4.85. The molecule has 6 nitrogen and oxygen atoms in total. The number of aromatic carboxylic acids is 1.